The number of rotatable bonds is 5. The summed E-state index contributed by atoms with van der Waals surface area (Å²) in [5.74, 6) is 3.15. The van der Waals surface area contributed by atoms with E-state index in [0.29, 0.717) is 12.5 Å². The van der Waals surface area contributed by atoms with Gasteiger partial charge in [0, 0.05) is 61.9 Å². The Morgan fingerprint density at radius 1 is 1.11 bits per heavy atom. The van der Waals surface area contributed by atoms with Crippen molar-refractivity contribution in [2.75, 3.05) is 43.4 Å². The summed E-state index contributed by atoms with van der Waals surface area (Å²) in [6.07, 6.45) is 1.89. The largest absolute Gasteiger partial charge is 0.366 e. The molecule has 1 N–H and O–H groups in total. The highest BCUT2D eigenvalue weighted by atomic mass is 15.3. The molecule has 0 spiro atoms. The first-order chi connectivity index (χ1) is 13.2. The van der Waals surface area contributed by atoms with Gasteiger partial charge in [-0.1, -0.05) is 40.7 Å². The van der Waals surface area contributed by atoms with Crippen LogP contribution in [0.1, 0.15) is 57.6 Å². The summed E-state index contributed by atoms with van der Waals surface area (Å²) in [5.41, 5.74) is 2.26. The molecule has 0 amide bonds. The molecule has 28 heavy (non-hydrogen) atoms. The summed E-state index contributed by atoms with van der Waals surface area (Å²) >= 11 is 0. The normalized spacial score (nSPS) is 15.9. The first kappa shape index (κ1) is 20.5. The second kappa shape index (κ2) is 8.43. The van der Waals surface area contributed by atoms with Crippen LogP contribution in [-0.2, 0) is 12.0 Å². The summed E-state index contributed by atoms with van der Waals surface area (Å²) in [7, 11) is 2.17. The fraction of sp³-hybridized carbons (Fsp3) is 0.591. The van der Waals surface area contributed by atoms with E-state index in [1.165, 1.54) is 5.56 Å². The lowest BCUT2D eigenvalue weighted by Gasteiger charge is -2.34. The minimum atomic E-state index is -0.0116. The molecule has 1 saturated heterocycles. The second-order valence-corrected chi connectivity index (χ2v) is 9.03. The zero-order valence-corrected chi connectivity index (χ0v) is 18.2. The molecule has 6 nitrogen and oxygen atoms in total. The standard InChI is InChI=1S/C22H34N6/c1-16(2)20-25-18(22(3,4)5)14-19(26-20)24-15-17-8-7-9-23-21(17)28-12-10-27(6)11-13-28/h7-9,14,16H,10-13,15H2,1-6H3,(H,24,25,26). The Morgan fingerprint density at radius 2 is 1.82 bits per heavy atom. The Kier molecular flexibility index (Phi) is 6.18. The summed E-state index contributed by atoms with van der Waals surface area (Å²) in [6.45, 7) is 15.7. The molecule has 152 valence electrons. The van der Waals surface area contributed by atoms with E-state index in [2.05, 4.69) is 73.9 Å². The molecule has 0 saturated carbocycles. The van der Waals surface area contributed by atoms with E-state index in [9.17, 15) is 0 Å². The molecule has 6 heteroatoms. The van der Waals surface area contributed by atoms with Crippen LogP contribution >= 0.6 is 0 Å². The van der Waals surface area contributed by atoms with E-state index in [0.717, 1.165) is 49.3 Å². The molecule has 0 atom stereocenters. The fourth-order valence-electron chi connectivity index (χ4n) is 3.26. The lowest BCUT2D eigenvalue weighted by atomic mass is 9.91. The Bertz CT molecular complexity index is 788. The van der Waals surface area contributed by atoms with Gasteiger partial charge in [0.05, 0.1) is 5.69 Å². The van der Waals surface area contributed by atoms with Gasteiger partial charge in [-0.2, -0.15) is 0 Å². The molecule has 1 aliphatic rings. The van der Waals surface area contributed by atoms with Crippen molar-refractivity contribution in [1.82, 2.24) is 19.9 Å². The number of anilines is 2. The van der Waals surface area contributed by atoms with Crippen molar-refractivity contribution in [3.8, 4) is 0 Å². The molecule has 0 aliphatic carbocycles. The molecule has 0 unspecified atom stereocenters. The fourth-order valence-corrected chi connectivity index (χ4v) is 3.26. The molecule has 2 aromatic heterocycles. The number of aromatic nitrogens is 3. The Hall–Kier alpha value is -2.21. The van der Waals surface area contributed by atoms with Crippen molar-refractivity contribution in [1.29, 1.82) is 0 Å². The van der Waals surface area contributed by atoms with Gasteiger partial charge in [0.2, 0.25) is 0 Å². The Labute approximate surface area is 169 Å². The molecule has 3 rings (SSSR count). The van der Waals surface area contributed by atoms with E-state index in [4.69, 9.17) is 9.97 Å². The van der Waals surface area contributed by atoms with Crippen LogP contribution in [0.4, 0.5) is 11.6 Å². The third-order valence-corrected chi connectivity index (χ3v) is 5.16. The van der Waals surface area contributed by atoms with Crippen LogP contribution in [-0.4, -0.2) is 53.1 Å². The van der Waals surface area contributed by atoms with Crippen LogP contribution in [0.25, 0.3) is 0 Å². The summed E-state index contributed by atoms with van der Waals surface area (Å²) in [5, 5.41) is 3.53. The maximum absolute atomic E-state index is 4.78. The van der Waals surface area contributed by atoms with Gasteiger partial charge in [0.25, 0.3) is 0 Å². The molecular weight excluding hydrogens is 348 g/mol. The summed E-state index contributed by atoms with van der Waals surface area (Å²) < 4.78 is 0. The van der Waals surface area contributed by atoms with Crippen molar-refractivity contribution in [3.63, 3.8) is 0 Å². The zero-order valence-electron chi connectivity index (χ0n) is 18.2. The number of hydrogen-bond donors (Lipinski definition) is 1. The maximum Gasteiger partial charge on any atom is 0.133 e. The van der Waals surface area contributed by atoms with E-state index in [1.54, 1.807) is 0 Å². The third-order valence-electron chi connectivity index (χ3n) is 5.16. The summed E-state index contributed by atoms with van der Waals surface area (Å²) in [4.78, 5) is 19.0. The third kappa shape index (κ3) is 4.98. The van der Waals surface area contributed by atoms with Crippen LogP contribution in [0.5, 0.6) is 0 Å². The van der Waals surface area contributed by atoms with Crippen molar-refractivity contribution in [2.24, 2.45) is 0 Å². The SMILES string of the molecule is CC(C)c1nc(NCc2cccnc2N2CCN(C)CC2)cc(C(C)(C)C)n1. The van der Waals surface area contributed by atoms with Crippen LogP contribution in [0, 0.1) is 0 Å². The van der Waals surface area contributed by atoms with Crippen molar-refractivity contribution < 1.29 is 0 Å². The van der Waals surface area contributed by atoms with Gasteiger partial charge in [-0.05, 0) is 13.1 Å². The van der Waals surface area contributed by atoms with Gasteiger partial charge >= 0.3 is 0 Å². The average molecular weight is 383 g/mol. The molecule has 0 aromatic carbocycles. The minimum absolute atomic E-state index is 0.0116. The zero-order chi connectivity index (χ0) is 20.3. The van der Waals surface area contributed by atoms with Crippen molar-refractivity contribution in [2.45, 2.75) is 52.5 Å². The predicted molar refractivity (Wildman–Crippen MR) is 116 cm³/mol. The quantitative estimate of drug-likeness (QED) is 0.852. The molecular formula is C22H34N6. The first-order valence-corrected chi connectivity index (χ1v) is 10.2. The highest BCUT2D eigenvalue weighted by molar-refractivity contribution is 5.49. The topological polar surface area (TPSA) is 57.2 Å². The maximum atomic E-state index is 4.78. The molecule has 0 radical (unpaired) electrons. The van der Waals surface area contributed by atoms with E-state index >= 15 is 0 Å². The molecule has 1 fully saturated rings. The van der Waals surface area contributed by atoms with Crippen molar-refractivity contribution in [3.05, 3.63) is 41.5 Å². The lowest BCUT2D eigenvalue weighted by Crippen LogP contribution is -2.45. The predicted octanol–water partition coefficient (Wildman–Crippen LogP) is 3.66. The van der Waals surface area contributed by atoms with Crippen LogP contribution in [0.3, 0.4) is 0 Å². The van der Waals surface area contributed by atoms with E-state index in [-0.39, 0.29) is 5.41 Å². The van der Waals surface area contributed by atoms with Crippen LogP contribution in [0.2, 0.25) is 0 Å². The molecule has 3 heterocycles. The highest BCUT2D eigenvalue weighted by Gasteiger charge is 2.20. The monoisotopic (exact) mass is 382 g/mol. The van der Waals surface area contributed by atoms with Crippen molar-refractivity contribution >= 4 is 11.6 Å². The van der Waals surface area contributed by atoms with Gasteiger partial charge in [-0.15, -0.1) is 0 Å². The Balaban J connectivity index is 1.80. The smallest absolute Gasteiger partial charge is 0.133 e. The Morgan fingerprint density at radius 3 is 2.46 bits per heavy atom. The second-order valence-electron chi connectivity index (χ2n) is 9.03. The molecule has 2 aromatic rings. The van der Waals surface area contributed by atoms with E-state index < -0.39 is 0 Å². The minimum Gasteiger partial charge on any atom is -0.366 e. The van der Waals surface area contributed by atoms with Crippen LogP contribution < -0.4 is 10.2 Å². The van der Waals surface area contributed by atoms with Gasteiger partial charge < -0.3 is 15.1 Å². The highest BCUT2D eigenvalue weighted by Crippen LogP contribution is 2.25. The number of nitrogens with one attached hydrogen (secondary N) is 1. The average Bonchev–Trinajstić information content (AvgIpc) is 2.66. The van der Waals surface area contributed by atoms with E-state index in [1.807, 2.05) is 12.3 Å². The number of pyridine rings is 1. The first-order valence-electron chi connectivity index (χ1n) is 10.2. The number of hydrogen-bond acceptors (Lipinski definition) is 6. The van der Waals surface area contributed by atoms with Gasteiger partial charge in [-0.3, -0.25) is 0 Å². The van der Waals surface area contributed by atoms with Gasteiger partial charge in [0.1, 0.15) is 17.5 Å². The molecule has 1 aliphatic heterocycles. The summed E-state index contributed by atoms with van der Waals surface area (Å²) in [6, 6.07) is 6.25. The van der Waals surface area contributed by atoms with Gasteiger partial charge in [-0.25, -0.2) is 15.0 Å². The molecule has 0 bridgehead atoms. The number of piperazine rings is 1. The number of likely N-dealkylation sites (N-methyl/N-ethyl adjacent to an activating group) is 1. The van der Waals surface area contributed by atoms with Crippen LogP contribution in [0.15, 0.2) is 24.4 Å². The van der Waals surface area contributed by atoms with Gasteiger partial charge in [0.15, 0.2) is 0 Å². The lowest BCUT2D eigenvalue weighted by molar-refractivity contribution is 0.312. The number of nitrogens with zero attached hydrogens (tertiary/aromatic N) is 5.